The van der Waals surface area contributed by atoms with Crippen LogP contribution in [0.25, 0.3) is 5.69 Å². The van der Waals surface area contributed by atoms with Crippen molar-refractivity contribution in [1.82, 2.24) is 24.9 Å². The molecule has 29 heavy (non-hydrogen) atoms. The molecule has 0 spiro atoms. The maximum absolute atomic E-state index is 13.2. The molecule has 3 aromatic rings. The second kappa shape index (κ2) is 7.57. The van der Waals surface area contributed by atoms with Crippen LogP contribution in [-0.4, -0.2) is 37.0 Å². The standard InChI is InChI=1S/C18H19F2N7O2/c1-18(19,20)16-25-17(26-29-16)24-12-5-4-11(9-12)23-14-7-6-13(10-21-14)27-15(28)3-2-8-22-27/h2-3,6-8,10-12H,4-5,9H2,1H3,(H,21,23)(H,24,26)/t11-,12-/m0/s1. The molecule has 0 amide bonds. The Kier molecular flexibility index (Phi) is 4.95. The Morgan fingerprint density at radius 1 is 1.21 bits per heavy atom. The highest BCUT2D eigenvalue weighted by atomic mass is 19.3. The zero-order valence-electron chi connectivity index (χ0n) is 15.5. The smallest absolute Gasteiger partial charge is 0.322 e. The number of pyridine rings is 1. The van der Waals surface area contributed by atoms with Crippen LogP contribution in [0.2, 0.25) is 0 Å². The topological polar surface area (TPSA) is 111 Å². The lowest BCUT2D eigenvalue weighted by Crippen LogP contribution is -2.22. The lowest BCUT2D eigenvalue weighted by molar-refractivity contribution is -0.0158. The Hall–Kier alpha value is -3.37. The lowest BCUT2D eigenvalue weighted by atomic mass is 10.2. The van der Waals surface area contributed by atoms with Crippen LogP contribution in [0.3, 0.4) is 0 Å². The fourth-order valence-electron chi connectivity index (χ4n) is 3.24. The third-order valence-corrected chi connectivity index (χ3v) is 4.63. The number of rotatable bonds is 6. The molecule has 3 heterocycles. The fraction of sp³-hybridized carbons (Fsp3) is 0.389. The van der Waals surface area contributed by atoms with Gasteiger partial charge in [-0.1, -0.05) is 0 Å². The second-order valence-corrected chi connectivity index (χ2v) is 6.98. The molecule has 0 aliphatic heterocycles. The first kappa shape index (κ1) is 19.0. The molecule has 4 rings (SSSR count). The molecular formula is C18H19F2N7O2. The van der Waals surface area contributed by atoms with Crippen LogP contribution in [0.4, 0.5) is 20.5 Å². The predicted molar refractivity (Wildman–Crippen MR) is 100 cm³/mol. The summed E-state index contributed by atoms with van der Waals surface area (Å²) in [6, 6.07) is 6.75. The van der Waals surface area contributed by atoms with E-state index >= 15 is 0 Å². The van der Waals surface area contributed by atoms with E-state index in [1.54, 1.807) is 24.4 Å². The van der Waals surface area contributed by atoms with Crippen molar-refractivity contribution < 1.29 is 13.3 Å². The molecule has 1 fully saturated rings. The Labute approximate surface area is 164 Å². The van der Waals surface area contributed by atoms with Crippen molar-refractivity contribution in [2.75, 3.05) is 10.6 Å². The van der Waals surface area contributed by atoms with Gasteiger partial charge in [-0.05, 0) is 42.6 Å². The molecule has 0 aromatic carbocycles. The van der Waals surface area contributed by atoms with E-state index in [4.69, 9.17) is 0 Å². The van der Waals surface area contributed by atoms with Gasteiger partial charge in [0.1, 0.15) is 5.82 Å². The summed E-state index contributed by atoms with van der Waals surface area (Å²) in [5.41, 5.74) is 0.345. The van der Waals surface area contributed by atoms with E-state index in [2.05, 4.69) is 35.4 Å². The molecule has 2 atom stereocenters. The Morgan fingerprint density at radius 2 is 2.00 bits per heavy atom. The molecule has 9 nitrogen and oxygen atoms in total. The Bertz CT molecular complexity index is 1030. The monoisotopic (exact) mass is 403 g/mol. The van der Waals surface area contributed by atoms with E-state index in [9.17, 15) is 13.6 Å². The van der Waals surface area contributed by atoms with Crippen LogP contribution in [0.5, 0.6) is 0 Å². The van der Waals surface area contributed by atoms with Gasteiger partial charge in [-0.3, -0.25) is 4.79 Å². The van der Waals surface area contributed by atoms with Gasteiger partial charge in [0.05, 0.1) is 11.9 Å². The van der Waals surface area contributed by atoms with E-state index in [1.807, 2.05) is 0 Å². The van der Waals surface area contributed by atoms with E-state index in [0.717, 1.165) is 19.3 Å². The van der Waals surface area contributed by atoms with E-state index in [0.29, 0.717) is 18.4 Å². The number of halogens is 2. The number of hydrogen-bond acceptors (Lipinski definition) is 8. The Morgan fingerprint density at radius 3 is 2.66 bits per heavy atom. The number of hydrogen-bond donors (Lipinski definition) is 2. The van der Waals surface area contributed by atoms with Crippen LogP contribution in [-0.2, 0) is 5.92 Å². The van der Waals surface area contributed by atoms with Crippen LogP contribution in [0.1, 0.15) is 32.1 Å². The maximum atomic E-state index is 13.2. The van der Waals surface area contributed by atoms with Gasteiger partial charge in [-0.15, -0.1) is 0 Å². The summed E-state index contributed by atoms with van der Waals surface area (Å²) in [6.07, 6.45) is 5.55. The minimum absolute atomic E-state index is 0.0368. The third kappa shape index (κ3) is 4.39. The molecule has 152 valence electrons. The van der Waals surface area contributed by atoms with Crippen LogP contribution in [0, 0.1) is 0 Å². The Balaban J connectivity index is 1.34. The molecule has 0 bridgehead atoms. The summed E-state index contributed by atoms with van der Waals surface area (Å²) in [7, 11) is 0. The largest absolute Gasteiger partial charge is 0.367 e. The van der Waals surface area contributed by atoms with Gasteiger partial charge >= 0.3 is 5.92 Å². The van der Waals surface area contributed by atoms with E-state index in [1.165, 1.54) is 16.9 Å². The number of alkyl halides is 2. The summed E-state index contributed by atoms with van der Waals surface area (Å²) in [4.78, 5) is 19.9. The van der Waals surface area contributed by atoms with Crippen LogP contribution >= 0.6 is 0 Å². The van der Waals surface area contributed by atoms with Crippen LogP contribution < -0.4 is 16.2 Å². The molecule has 1 aliphatic rings. The lowest BCUT2D eigenvalue weighted by Gasteiger charge is -2.14. The van der Waals surface area contributed by atoms with E-state index in [-0.39, 0.29) is 23.6 Å². The molecule has 0 saturated heterocycles. The first-order chi connectivity index (χ1) is 13.9. The summed E-state index contributed by atoms with van der Waals surface area (Å²) in [5, 5.41) is 13.9. The highest BCUT2D eigenvalue weighted by Crippen LogP contribution is 2.28. The number of nitrogens with one attached hydrogen (secondary N) is 2. The van der Waals surface area contributed by atoms with Gasteiger partial charge in [0, 0.05) is 31.3 Å². The van der Waals surface area contributed by atoms with Gasteiger partial charge < -0.3 is 15.2 Å². The highest BCUT2D eigenvalue weighted by molar-refractivity contribution is 5.41. The third-order valence-electron chi connectivity index (χ3n) is 4.63. The SMILES string of the molecule is CC(F)(F)c1nc(N[C@H]2CC[C@H](Nc3ccc(-n4ncccc4=O)cn3)C2)no1. The molecule has 3 aromatic heterocycles. The molecule has 0 unspecified atom stereocenters. The van der Waals surface area contributed by atoms with Gasteiger partial charge in [-0.25, -0.2) is 4.98 Å². The van der Waals surface area contributed by atoms with Gasteiger partial charge in [0.15, 0.2) is 0 Å². The summed E-state index contributed by atoms with van der Waals surface area (Å²) >= 11 is 0. The molecule has 11 heteroatoms. The summed E-state index contributed by atoms with van der Waals surface area (Å²) in [6.45, 7) is 0.711. The quantitative estimate of drug-likeness (QED) is 0.646. The van der Waals surface area contributed by atoms with Crippen molar-refractivity contribution >= 4 is 11.8 Å². The normalized spacial score (nSPS) is 19.3. The molecule has 1 saturated carbocycles. The number of aromatic nitrogens is 5. The van der Waals surface area contributed by atoms with Crippen molar-refractivity contribution in [3.8, 4) is 5.69 Å². The average molecular weight is 403 g/mol. The molecule has 1 aliphatic carbocycles. The minimum Gasteiger partial charge on any atom is -0.367 e. The average Bonchev–Trinajstić information content (AvgIpc) is 3.33. The summed E-state index contributed by atoms with van der Waals surface area (Å²) in [5.74, 6) is -3.12. The molecule has 2 N–H and O–H groups in total. The molecular weight excluding hydrogens is 384 g/mol. The van der Waals surface area contributed by atoms with Crippen molar-refractivity contribution in [2.24, 2.45) is 0 Å². The van der Waals surface area contributed by atoms with Crippen molar-refractivity contribution in [2.45, 2.75) is 44.2 Å². The summed E-state index contributed by atoms with van der Waals surface area (Å²) < 4.78 is 32.2. The zero-order valence-corrected chi connectivity index (χ0v) is 15.5. The maximum Gasteiger partial charge on any atom is 0.322 e. The van der Waals surface area contributed by atoms with Gasteiger partial charge in [-0.2, -0.15) is 23.5 Å². The van der Waals surface area contributed by atoms with Crippen molar-refractivity contribution in [3.05, 3.63) is 52.9 Å². The van der Waals surface area contributed by atoms with Crippen molar-refractivity contribution in [1.29, 1.82) is 0 Å². The number of anilines is 2. The van der Waals surface area contributed by atoms with Crippen LogP contribution in [0.15, 0.2) is 46.0 Å². The minimum atomic E-state index is -3.16. The predicted octanol–water partition coefficient (Wildman–Crippen LogP) is 2.57. The number of nitrogens with zero attached hydrogens (tertiary/aromatic N) is 5. The van der Waals surface area contributed by atoms with Gasteiger partial charge in [0.2, 0.25) is 0 Å². The first-order valence-electron chi connectivity index (χ1n) is 9.14. The molecule has 0 radical (unpaired) electrons. The van der Waals surface area contributed by atoms with Crippen molar-refractivity contribution in [3.63, 3.8) is 0 Å². The highest BCUT2D eigenvalue weighted by Gasteiger charge is 2.33. The van der Waals surface area contributed by atoms with Gasteiger partial charge in [0.25, 0.3) is 17.4 Å². The first-order valence-corrected chi connectivity index (χ1v) is 9.14. The van der Waals surface area contributed by atoms with E-state index < -0.39 is 11.8 Å². The zero-order chi connectivity index (χ0) is 20.4. The fourth-order valence-corrected chi connectivity index (χ4v) is 3.24. The second-order valence-electron chi connectivity index (χ2n) is 6.98.